The fraction of sp³-hybridized carbons (Fsp3) is 0.273. The maximum absolute atomic E-state index is 5.72. The molecule has 2 heterocycles. The quantitative estimate of drug-likeness (QED) is 0.522. The van der Waals surface area contributed by atoms with Crippen LogP contribution in [0.2, 0.25) is 0 Å². The van der Waals surface area contributed by atoms with Gasteiger partial charge in [-0.05, 0) is 19.2 Å². The second kappa shape index (κ2) is 6.01. The number of nitrogens with two attached hydrogens (primary N) is 1. The molecular weight excluding hydrogens is 266 g/mol. The first-order chi connectivity index (χ1) is 8.67. The Bertz CT molecular complexity index is 547. The Labute approximate surface area is 114 Å². The lowest BCUT2D eigenvalue weighted by Crippen LogP contribution is -1.97. The van der Waals surface area contributed by atoms with E-state index in [-0.39, 0.29) is 0 Å². The summed E-state index contributed by atoms with van der Waals surface area (Å²) < 4.78 is 0. The van der Waals surface area contributed by atoms with Crippen LogP contribution >= 0.6 is 23.5 Å². The molecule has 0 fully saturated rings. The van der Waals surface area contributed by atoms with Crippen molar-refractivity contribution in [3.63, 3.8) is 0 Å². The molecule has 0 bridgehead atoms. The number of aryl methyl sites for hydroxylation is 1. The van der Waals surface area contributed by atoms with E-state index in [1.807, 2.05) is 19.2 Å². The summed E-state index contributed by atoms with van der Waals surface area (Å²) in [4.78, 5) is 16.8. The lowest BCUT2D eigenvalue weighted by molar-refractivity contribution is 0.899. The number of rotatable bonds is 4. The predicted octanol–water partition coefficient (Wildman–Crippen LogP) is 2.17. The van der Waals surface area contributed by atoms with Gasteiger partial charge in [-0.1, -0.05) is 11.8 Å². The molecule has 94 valence electrons. The molecule has 2 aromatic rings. The Kier molecular flexibility index (Phi) is 4.38. The molecule has 0 radical (unpaired) electrons. The third-order valence-corrected chi connectivity index (χ3v) is 3.63. The topological polar surface area (TPSA) is 77.6 Å². The Hall–Kier alpha value is -1.34. The highest BCUT2D eigenvalue weighted by molar-refractivity contribution is 7.99. The average Bonchev–Trinajstić information content (AvgIpc) is 2.36. The number of nitrogens with zero attached hydrogens (tertiary/aromatic N) is 4. The van der Waals surface area contributed by atoms with Gasteiger partial charge >= 0.3 is 0 Å². The lowest BCUT2D eigenvalue weighted by Gasteiger charge is -2.03. The number of thioether (sulfide) groups is 2. The SMILES string of the molecule is CSc1cc(N)nc(SCc2cc(C)ncn2)n1. The highest BCUT2D eigenvalue weighted by Gasteiger charge is 2.04. The zero-order valence-electron chi connectivity index (χ0n) is 10.1. The summed E-state index contributed by atoms with van der Waals surface area (Å²) in [6.45, 7) is 1.94. The molecule has 0 aliphatic heterocycles. The summed E-state index contributed by atoms with van der Waals surface area (Å²) in [5, 5.41) is 1.56. The van der Waals surface area contributed by atoms with Gasteiger partial charge in [-0.25, -0.2) is 19.9 Å². The number of anilines is 1. The van der Waals surface area contributed by atoms with Gasteiger partial charge < -0.3 is 5.73 Å². The highest BCUT2D eigenvalue weighted by atomic mass is 32.2. The van der Waals surface area contributed by atoms with Crippen molar-refractivity contribution < 1.29 is 0 Å². The zero-order chi connectivity index (χ0) is 13.0. The van der Waals surface area contributed by atoms with Gasteiger partial charge in [-0.15, -0.1) is 11.8 Å². The van der Waals surface area contributed by atoms with Crippen molar-refractivity contribution in [3.8, 4) is 0 Å². The molecule has 7 heteroatoms. The van der Waals surface area contributed by atoms with Gasteiger partial charge in [0.15, 0.2) is 5.16 Å². The Balaban J connectivity index is 2.08. The first-order valence-corrected chi connectivity index (χ1v) is 7.47. The van der Waals surface area contributed by atoms with Crippen LogP contribution in [0.1, 0.15) is 11.4 Å². The molecule has 0 saturated carbocycles. The second-order valence-electron chi connectivity index (χ2n) is 3.56. The van der Waals surface area contributed by atoms with Crippen LogP contribution < -0.4 is 5.73 Å². The fourth-order valence-electron chi connectivity index (χ4n) is 1.32. The van der Waals surface area contributed by atoms with Crippen molar-refractivity contribution in [3.05, 3.63) is 29.8 Å². The number of aromatic nitrogens is 4. The van der Waals surface area contributed by atoms with E-state index in [0.29, 0.717) is 16.7 Å². The van der Waals surface area contributed by atoms with Gasteiger partial charge in [0.2, 0.25) is 0 Å². The summed E-state index contributed by atoms with van der Waals surface area (Å²) in [6.07, 6.45) is 3.53. The van der Waals surface area contributed by atoms with Gasteiger partial charge in [-0.3, -0.25) is 0 Å². The molecule has 0 atom stereocenters. The van der Waals surface area contributed by atoms with Crippen molar-refractivity contribution in [2.45, 2.75) is 22.9 Å². The molecule has 0 amide bonds. The van der Waals surface area contributed by atoms with Crippen LogP contribution in [0.5, 0.6) is 0 Å². The maximum Gasteiger partial charge on any atom is 0.190 e. The molecule has 0 spiro atoms. The molecule has 0 unspecified atom stereocenters. The van der Waals surface area contributed by atoms with Crippen LogP contribution in [-0.4, -0.2) is 26.2 Å². The molecule has 2 rings (SSSR count). The van der Waals surface area contributed by atoms with Gasteiger partial charge in [0.1, 0.15) is 17.2 Å². The molecule has 0 aromatic carbocycles. The normalized spacial score (nSPS) is 10.6. The van der Waals surface area contributed by atoms with E-state index in [1.54, 1.807) is 24.2 Å². The highest BCUT2D eigenvalue weighted by Crippen LogP contribution is 2.22. The van der Waals surface area contributed by atoms with Crippen LogP contribution in [0.25, 0.3) is 0 Å². The van der Waals surface area contributed by atoms with Crippen molar-refractivity contribution in [1.29, 1.82) is 0 Å². The van der Waals surface area contributed by atoms with Crippen LogP contribution in [0.3, 0.4) is 0 Å². The van der Waals surface area contributed by atoms with E-state index in [9.17, 15) is 0 Å². The first kappa shape index (κ1) is 13.1. The van der Waals surface area contributed by atoms with Gasteiger partial charge in [0.25, 0.3) is 0 Å². The van der Waals surface area contributed by atoms with Crippen molar-refractivity contribution in [1.82, 2.24) is 19.9 Å². The molecule has 18 heavy (non-hydrogen) atoms. The summed E-state index contributed by atoms with van der Waals surface area (Å²) in [6, 6.07) is 3.72. The Morgan fingerprint density at radius 3 is 2.78 bits per heavy atom. The molecule has 0 aliphatic rings. The molecule has 2 aromatic heterocycles. The van der Waals surface area contributed by atoms with Crippen LogP contribution in [0, 0.1) is 6.92 Å². The number of hydrogen-bond acceptors (Lipinski definition) is 7. The van der Waals surface area contributed by atoms with Gasteiger partial charge in [0.05, 0.1) is 5.69 Å². The van der Waals surface area contributed by atoms with E-state index >= 15 is 0 Å². The van der Waals surface area contributed by atoms with E-state index in [4.69, 9.17) is 5.73 Å². The molecule has 0 saturated heterocycles. The van der Waals surface area contributed by atoms with Crippen LogP contribution in [0.15, 0.2) is 28.6 Å². The largest absolute Gasteiger partial charge is 0.384 e. The summed E-state index contributed by atoms with van der Waals surface area (Å²) in [5.74, 6) is 1.20. The van der Waals surface area contributed by atoms with E-state index in [2.05, 4.69) is 19.9 Å². The van der Waals surface area contributed by atoms with Crippen molar-refractivity contribution in [2.75, 3.05) is 12.0 Å². The standard InChI is InChI=1S/C11H13N5S2/c1-7-3-8(14-6-13-7)5-18-11-15-9(12)4-10(16-11)17-2/h3-4,6H,5H2,1-2H3,(H2,12,15,16). The molecule has 0 aliphatic carbocycles. The number of hydrogen-bond donors (Lipinski definition) is 1. The van der Waals surface area contributed by atoms with Crippen molar-refractivity contribution >= 4 is 29.3 Å². The maximum atomic E-state index is 5.72. The van der Waals surface area contributed by atoms with Gasteiger partial charge in [0, 0.05) is 17.5 Å². The Morgan fingerprint density at radius 1 is 1.22 bits per heavy atom. The third kappa shape index (κ3) is 3.58. The van der Waals surface area contributed by atoms with E-state index in [0.717, 1.165) is 16.4 Å². The summed E-state index contributed by atoms with van der Waals surface area (Å²) >= 11 is 3.07. The second-order valence-corrected chi connectivity index (χ2v) is 5.33. The monoisotopic (exact) mass is 279 g/mol. The average molecular weight is 279 g/mol. The minimum atomic E-state index is 0.496. The molecule has 5 nitrogen and oxygen atoms in total. The van der Waals surface area contributed by atoms with Gasteiger partial charge in [-0.2, -0.15) is 0 Å². The van der Waals surface area contributed by atoms with Crippen LogP contribution in [-0.2, 0) is 5.75 Å². The predicted molar refractivity (Wildman–Crippen MR) is 74.6 cm³/mol. The molecule has 2 N–H and O–H groups in total. The van der Waals surface area contributed by atoms with E-state index < -0.39 is 0 Å². The Morgan fingerprint density at radius 2 is 2.06 bits per heavy atom. The van der Waals surface area contributed by atoms with Crippen LogP contribution in [0.4, 0.5) is 5.82 Å². The fourth-order valence-corrected chi connectivity index (χ4v) is 2.56. The van der Waals surface area contributed by atoms with Crippen molar-refractivity contribution in [2.24, 2.45) is 0 Å². The summed E-state index contributed by atoms with van der Waals surface area (Å²) in [5.41, 5.74) is 7.64. The minimum Gasteiger partial charge on any atom is -0.384 e. The van der Waals surface area contributed by atoms with E-state index in [1.165, 1.54) is 11.8 Å². The molecular formula is C11H13N5S2. The smallest absolute Gasteiger partial charge is 0.190 e. The lowest BCUT2D eigenvalue weighted by atomic mass is 10.4. The third-order valence-electron chi connectivity index (χ3n) is 2.12. The number of nitrogen functional groups attached to an aromatic ring is 1. The zero-order valence-corrected chi connectivity index (χ0v) is 11.8. The first-order valence-electron chi connectivity index (χ1n) is 5.26. The summed E-state index contributed by atoms with van der Waals surface area (Å²) in [7, 11) is 0. The minimum absolute atomic E-state index is 0.496.